The van der Waals surface area contributed by atoms with Crippen molar-refractivity contribution in [2.45, 2.75) is 19.6 Å². The molecule has 0 rings (SSSR count). The van der Waals surface area contributed by atoms with Crippen LogP contribution in [0.25, 0.3) is 0 Å². The van der Waals surface area contributed by atoms with E-state index in [4.69, 9.17) is 10.2 Å². The zero-order valence-electron chi connectivity index (χ0n) is 6.16. The summed E-state index contributed by atoms with van der Waals surface area (Å²) in [6.07, 6.45) is 1.93. The van der Waals surface area contributed by atoms with Crippen LogP contribution in [0.3, 0.4) is 0 Å². The first kappa shape index (κ1) is 11.9. The van der Waals surface area contributed by atoms with Crippen molar-refractivity contribution in [1.82, 2.24) is 0 Å². The van der Waals surface area contributed by atoms with E-state index in [2.05, 4.69) is 17.9 Å². The van der Waals surface area contributed by atoms with Gasteiger partial charge in [0.1, 0.15) is 0 Å². The van der Waals surface area contributed by atoms with Gasteiger partial charge in [0.2, 0.25) is 0 Å². The summed E-state index contributed by atoms with van der Waals surface area (Å²) < 4.78 is 4.36. The summed E-state index contributed by atoms with van der Waals surface area (Å²) in [5, 5.41) is 15.8. The quantitative estimate of drug-likeness (QED) is 0.461. The van der Waals surface area contributed by atoms with Gasteiger partial charge in [-0.15, -0.1) is 0 Å². The molecule has 0 aliphatic carbocycles. The van der Waals surface area contributed by atoms with Gasteiger partial charge in [0, 0.05) is 0 Å². The van der Waals surface area contributed by atoms with Crippen molar-refractivity contribution in [2.24, 2.45) is 0 Å². The fraction of sp³-hybridized carbons (Fsp3) is 0.429. The molecule has 0 radical (unpaired) electrons. The Morgan fingerprint density at radius 2 is 1.70 bits per heavy atom. The minimum absolute atomic E-state index is 0.417. The van der Waals surface area contributed by atoms with Crippen LogP contribution in [0.4, 0.5) is 0 Å². The van der Waals surface area contributed by atoms with Gasteiger partial charge in [0.25, 0.3) is 0 Å². The zero-order chi connectivity index (χ0) is 8.41. The molecule has 0 saturated heterocycles. The smallest absolute Gasteiger partial charge is 0.151 e. The lowest BCUT2D eigenvalue weighted by molar-refractivity contribution is -0.0413. The number of rotatable bonds is 3. The third-order valence-electron chi connectivity index (χ3n) is 0.558. The molecule has 0 spiro atoms. The molecule has 0 fully saturated rings. The first-order valence-corrected chi connectivity index (χ1v) is 2.92. The third kappa shape index (κ3) is 27.0. The summed E-state index contributed by atoms with van der Waals surface area (Å²) in [4.78, 5) is 0. The number of hydrogen-bond donors (Lipinski definition) is 2. The molecule has 0 saturated carbocycles. The topological polar surface area (TPSA) is 49.7 Å². The van der Waals surface area contributed by atoms with Crippen LogP contribution in [0.1, 0.15) is 13.3 Å². The zero-order valence-corrected chi connectivity index (χ0v) is 6.16. The molecule has 3 heteroatoms. The SMILES string of the molecule is C=COC=C.CCC(O)O. The van der Waals surface area contributed by atoms with Crippen LogP contribution >= 0.6 is 0 Å². The van der Waals surface area contributed by atoms with E-state index >= 15 is 0 Å². The Hall–Kier alpha value is -0.800. The van der Waals surface area contributed by atoms with Crippen LogP contribution in [0.15, 0.2) is 25.7 Å². The van der Waals surface area contributed by atoms with Crippen molar-refractivity contribution >= 4 is 0 Å². The van der Waals surface area contributed by atoms with Gasteiger partial charge in [-0.1, -0.05) is 20.1 Å². The second kappa shape index (κ2) is 11.1. The largest absolute Gasteiger partial charge is 0.474 e. The Bertz CT molecular complexity index is 72.9. The first-order valence-electron chi connectivity index (χ1n) is 2.92. The Morgan fingerprint density at radius 3 is 1.70 bits per heavy atom. The number of aliphatic hydroxyl groups excluding tert-OH is 1. The van der Waals surface area contributed by atoms with E-state index in [9.17, 15) is 0 Å². The standard InChI is InChI=1S/C4H6O.C3H8O2/c1-3-5-4-2;1-2-3(4)5/h3-4H,1-2H2;3-5H,2H2,1H3. The highest BCUT2D eigenvalue weighted by atomic mass is 16.5. The van der Waals surface area contributed by atoms with Crippen molar-refractivity contribution in [3.63, 3.8) is 0 Å². The van der Waals surface area contributed by atoms with Crippen LogP contribution in [0.5, 0.6) is 0 Å². The molecular formula is C7H14O3. The average Bonchev–Trinajstić information content (AvgIpc) is 1.91. The van der Waals surface area contributed by atoms with Crippen molar-refractivity contribution in [2.75, 3.05) is 0 Å². The summed E-state index contributed by atoms with van der Waals surface area (Å²) in [6, 6.07) is 0. The van der Waals surface area contributed by atoms with Gasteiger partial charge in [0.05, 0.1) is 12.5 Å². The normalized spacial score (nSPS) is 7.60. The maximum absolute atomic E-state index is 7.92. The molecule has 2 N–H and O–H groups in total. The van der Waals surface area contributed by atoms with E-state index in [1.165, 1.54) is 12.5 Å². The van der Waals surface area contributed by atoms with E-state index in [1.807, 2.05) is 0 Å². The number of ether oxygens (including phenoxy) is 1. The summed E-state index contributed by atoms with van der Waals surface area (Å²) in [5.41, 5.74) is 0. The van der Waals surface area contributed by atoms with Gasteiger partial charge < -0.3 is 14.9 Å². The molecule has 0 atom stereocenters. The molecule has 0 aliphatic heterocycles. The van der Waals surface area contributed by atoms with Crippen molar-refractivity contribution in [3.05, 3.63) is 25.7 Å². The molecule has 0 aromatic rings. The van der Waals surface area contributed by atoms with Crippen molar-refractivity contribution in [1.29, 1.82) is 0 Å². The molecule has 0 heterocycles. The molecule has 0 amide bonds. The molecule has 3 nitrogen and oxygen atoms in total. The van der Waals surface area contributed by atoms with E-state index in [-0.39, 0.29) is 0 Å². The summed E-state index contributed by atoms with van der Waals surface area (Å²) in [5.74, 6) is 0. The van der Waals surface area contributed by atoms with Crippen LogP contribution in [0.2, 0.25) is 0 Å². The lowest BCUT2D eigenvalue weighted by Gasteiger charge is -1.90. The maximum Gasteiger partial charge on any atom is 0.151 e. The maximum atomic E-state index is 7.92. The lowest BCUT2D eigenvalue weighted by atomic mass is 10.5. The van der Waals surface area contributed by atoms with Crippen LogP contribution < -0.4 is 0 Å². The monoisotopic (exact) mass is 146 g/mol. The van der Waals surface area contributed by atoms with Gasteiger partial charge in [-0.25, -0.2) is 0 Å². The Balaban J connectivity index is 0. The molecule has 0 bridgehead atoms. The van der Waals surface area contributed by atoms with Gasteiger partial charge in [-0.05, 0) is 6.42 Å². The average molecular weight is 146 g/mol. The van der Waals surface area contributed by atoms with E-state index in [0.717, 1.165) is 0 Å². The number of hydrogen-bond acceptors (Lipinski definition) is 3. The van der Waals surface area contributed by atoms with Gasteiger partial charge >= 0.3 is 0 Å². The molecule has 10 heavy (non-hydrogen) atoms. The van der Waals surface area contributed by atoms with Gasteiger partial charge in [-0.2, -0.15) is 0 Å². The molecule has 0 aromatic carbocycles. The fourth-order valence-corrected chi connectivity index (χ4v) is 0.0680. The minimum Gasteiger partial charge on any atom is -0.474 e. The van der Waals surface area contributed by atoms with E-state index < -0.39 is 6.29 Å². The molecule has 0 aromatic heterocycles. The highest BCUT2D eigenvalue weighted by Crippen LogP contribution is 1.77. The Morgan fingerprint density at radius 1 is 1.40 bits per heavy atom. The summed E-state index contributed by atoms with van der Waals surface area (Å²) >= 11 is 0. The predicted octanol–water partition coefficient (Wildman–Crippen LogP) is 0.997. The lowest BCUT2D eigenvalue weighted by Crippen LogP contribution is -1.99. The van der Waals surface area contributed by atoms with E-state index in [0.29, 0.717) is 6.42 Å². The summed E-state index contributed by atoms with van der Waals surface area (Å²) in [7, 11) is 0. The molecule has 0 unspecified atom stereocenters. The first-order chi connectivity index (χ1) is 4.68. The molecular weight excluding hydrogens is 132 g/mol. The van der Waals surface area contributed by atoms with Gasteiger partial charge in [-0.3, -0.25) is 0 Å². The number of aliphatic hydroxyl groups is 2. The fourth-order valence-electron chi connectivity index (χ4n) is 0.0680. The van der Waals surface area contributed by atoms with Crippen molar-refractivity contribution < 1.29 is 14.9 Å². The third-order valence-corrected chi connectivity index (χ3v) is 0.558. The van der Waals surface area contributed by atoms with Crippen LogP contribution in [0, 0.1) is 0 Å². The second-order valence-electron chi connectivity index (χ2n) is 1.36. The highest BCUT2D eigenvalue weighted by molar-refractivity contribution is 4.57. The highest BCUT2D eigenvalue weighted by Gasteiger charge is 1.83. The minimum atomic E-state index is -1.12. The molecule has 0 aliphatic rings. The van der Waals surface area contributed by atoms with Gasteiger partial charge in [0.15, 0.2) is 6.29 Å². The molecule has 60 valence electrons. The predicted molar refractivity (Wildman–Crippen MR) is 40.0 cm³/mol. The second-order valence-corrected chi connectivity index (χ2v) is 1.36. The van der Waals surface area contributed by atoms with Crippen LogP contribution in [-0.2, 0) is 4.74 Å². The van der Waals surface area contributed by atoms with E-state index in [1.54, 1.807) is 6.92 Å². The summed E-state index contributed by atoms with van der Waals surface area (Å²) in [6.45, 7) is 8.21. The van der Waals surface area contributed by atoms with Crippen LogP contribution in [-0.4, -0.2) is 16.5 Å². The Kier molecular flexibility index (Phi) is 13.2. The Labute approximate surface area is 61.3 Å². The van der Waals surface area contributed by atoms with Crippen molar-refractivity contribution in [3.8, 4) is 0 Å².